The summed E-state index contributed by atoms with van der Waals surface area (Å²) in [5, 5.41) is 2.91. The van der Waals surface area contributed by atoms with E-state index in [0.29, 0.717) is 18.8 Å². The first-order valence-electron chi connectivity index (χ1n) is 5.22. The van der Waals surface area contributed by atoms with Gasteiger partial charge in [0, 0.05) is 10.7 Å². The van der Waals surface area contributed by atoms with Crippen LogP contribution in [0.5, 0.6) is 0 Å². The Morgan fingerprint density at radius 2 is 2.18 bits per heavy atom. The zero-order valence-corrected chi connectivity index (χ0v) is 12.2. The van der Waals surface area contributed by atoms with Crippen LogP contribution in [0, 0.1) is 6.92 Å². The first kappa shape index (κ1) is 14.4. The molecule has 0 bridgehead atoms. The highest BCUT2D eigenvalue weighted by molar-refractivity contribution is 9.10. The maximum Gasteiger partial charge on any atom is 0.233 e. The van der Waals surface area contributed by atoms with Crippen molar-refractivity contribution in [2.45, 2.75) is 13.3 Å². The summed E-state index contributed by atoms with van der Waals surface area (Å²) < 4.78 is 26.8. The summed E-state index contributed by atoms with van der Waals surface area (Å²) in [5.74, 6) is 0.475. The number of hydrogen-bond donors (Lipinski definition) is 2. The molecule has 0 unspecified atom stereocenters. The molecule has 2 N–H and O–H groups in total. The highest BCUT2D eigenvalue weighted by Gasteiger charge is 2.12. The van der Waals surface area contributed by atoms with Crippen LogP contribution in [0.25, 0.3) is 0 Å². The number of rotatable bonds is 6. The predicted octanol–water partition coefficient (Wildman–Crippen LogP) is 1.50. The predicted molar refractivity (Wildman–Crippen MR) is 72.6 cm³/mol. The van der Waals surface area contributed by atoms with Gasteiger partial charge >= 0.3 is 0 Å². The third-order valence-corrected chi connectivity index (χ3v) is 3.90. The third-order valence-electron chi connectivity index (χ3n) is 2.14. The molecule has 0 atom stereocenters. The van der Waals surface area contributed by atoms with Gasteiger partial charge in [-0.1, -0.05) is 0 Å². The highest BCUT2D eigenvalue weighted by Crippen LogP contribution is 2.17. The minimum absolute atomic E-state index is 0.0883. The van der Waals surface area contributed by atoms with Gasteiger partial charge in [-0.2, -0.15) is 0 Å². The lowest BCUT2D eigenvalue weighted by Crippen LogP contribution is -2.21. The Morgan fingerprint density at radius 1 is 1.47 bits per heavy atom. The van der Waals surface area contributed by atoms with Gasteiger partial charge in [0.15, 0.2) is 0 Å². The van der Waals surface area contributed by atoms with Crippen molar-refractivity contribution in [3.8, 4) is 0 Å². The van der Waals surface area contributed by atoms with Gasteiger partial charge in [-0.25, -0.2) is 13.4 Å². The van der Waals surface area contributed by atoms with E-state index < -0.39 is 10.0 Å². The molecule has 5 nitrogen and oxygen atoms in total. The van der Waals surface area contributed by atoms with Gasteiger partial charge in [0.25, 0.3) is 0 Å². The standard InChI is InChI=1S/C10H16BrN3O2S/c1-8-6-9(11)7-13-10(8)14-17(15,16)5-3-4-12-2/h6-7,12H,3-5H2,1-2H3,(H,13,14). The lowest BCUT2D eigenvalue weighted by Gasteiger charge is -2.09. The van der Waals surface area contributed by atoms with Crippen molar-refractivity contribution < 1.29 is 8.42 Å². The lowest BCUT2D eigenvalue weighted by atomic mass is 10.3. The molecule has 96 valence electrons. The maximum atomic E-state index is 11.7. The molecule has 1 aromatic rings. The summed E-state index contributed by atoms with van der Waals surface area (Å²) in [7, 11) is -1.52. The van der Waals surface area contributed by atoms with Crippen LogP contribution < -0.4 is 10.0 Å². The van der Waals surface area contributed by atoms with Crippen LogP contribution in [0.2, 0.25) is 0 Å². The van der Waals surface area contributed by atoms with Crippen molar-refractivity contribution in [3.05, 3.63) is 22.3 Å². The second-order valence-corrected chi connectivity index (χ2v) is 6.45. The first-order valence-corrected chi connectivity index (χ1v) is 7.66. The Kier molecular flexibility index (Phi) is 5.35. The largest absolute Gasteiger partial charge is 0.320 e. The Balaban J connectivity index is 2.69. The second kappa shape index (κ2) is 6.32. The molecule has 17 heavy (non-hydrogen) atoms. The van der Waals surface area contributed by atoms with Crippen molar-refractivity contribution in [1.82, 2.24) is 10.3 Å². The van der Waals surface area contributed by atoms with E-state index in [1.54, 1.807) is 13.2 Å². The van der Waals surface area contributed by atoms with Gasteiger partial charge in [-0.3, -0.25) is 4.72 Å². The minimum atomic E-state index is -3.31. The Hall–Kier alpha value is -0.660. The molecular weight excluding hydrogens is 306 g/mol. The van der Waals surface area contributed by atoms with Crippen LogP contribution in [-0.4, -0.2) is 32.7 Å². The van der Waals surface area contributed by atoms with Crippen molar-refractivity contribution in [3.63, 3.8) is 0 Å². The molecule has 0 saturated heterocycles. The molecule has 0 saturated carbocycles. The maximum absolute atomic E-state index is 11.7. The van der Waals surface area contributed by atoms with Crippen LogP contribution in [0.4, 0.5) is 5.82 Å². The van der Waals surface area contributed by atoms with E-state index in [1.807, 2.05) is 13.0 Å². The molecule has 1 rings (SSSR count). The van der Waals surface area contributed by atoms with E-state index in [4.69, 9.17) is 0 Å². The van der Waals surface area contributed by atoms with Crippen LogP contribution in [0.3, 0.4) is 0 Å². The SMILES string of the molecule is CNCCCS(=O)(=O)Nc1ncc(Br)cc1C. The molecule has 0 radical (unpaired) electrons. The van der Waals surface area contributed by atoms with Gasteiger partial charge < -0.3 is 5.32 Å². The molecule has 0 fully saturated rings. The number of aromatic nitrogens is 1. The topological polar surface area (TPSA) is 71.1 Å². The number of halogens is 1. The number of pyridine rings is 1. The molecule has 1 heterocycles. The Labute approximate surface area is 110 Å². The van der Waals surface area contributed by atoms with Gasteiger partial charge in [0.05, 0.1) is 5.75 Å². The molecule has 1 aromatic heterocycles. The van der Waals surface area contributed by atoms with Crippen LogP contribution in [0.15, 0.2) is 16.7 Å². The van der Waals surface area contributed by atoms with E-state index in [1.165, 1.54) is 0 Å². The average molecular weight is 322 g/mol. The van der Waals surface area contributed by atoms with E-state index in [-0.39, 0.29) is 5.75 Å². The first-order chi connectivity index (χ1) is 7.94. The number of anilines is 1. The van der Waals surface area contributed by atoms with Crippen molar-refractivity contribution >= 4 is 31.8 Å². The van der Waals surface area contributed by atoms with Crippen molar-refractivity contribution in [2.24, 2.45) is 0 Å². The van der Waals surface area contributed by atoms with E-state index in [0.717, 1.165) is 10.0 Å². The Morgan fingerprint density at radius 3 is 2.76 bits per heavy atom. The monoisotopic (exact) mass is 321 g/mol. The van der Waals surface area contributed by atoms with Gasteiger partial charge in [-0.15, -0.1) is 0 Å². The zero-order valence-electron chi connectivity index (χ0n) is 9.83. The van der Waals surface area contributed by atoms with E-state index in [2.05, 4.69) is 31.0 Å². The van der Waals surface area contributed by atoms with Gasteiger partial charge in [-0.05, 0) is 54.5 Å². The van der Waals surface area contributed by atoms with Crippen LogP contribution in [0.1, 0.15) is 12.0 Å². The summed E-state index contributed by atoms with van der Waals surface area (Å²) in [6.07, 6.45) is 2.14. The number of sulfonamides is 1. The van der Waals surface area contributed by atoms with Crippen molar-refractivity contribution in [2.75, 3.05) is 24.1 Å². The summed E-state index contributed by atoms with van der Waals surface area (Å²) in [4.78, 5) is 4.04. The highest BCUT2D eigenvalue weighted by atomic mass is 79.9. The molecule has 0 aliphatic rings. The smallest absolute Gasteiger partial charge is 0.233 e. The number of nitrogens with zero attached hydrogens (tertiary/aromatic N) is 1. The van der Waals surface area contributed by atoms with Crippen molar-refractivity contribution in [1.29, 1.82) is 0 Å². The van der Waals surface area contributed by atoms with E-state index >= 15 is 0 Å². The fraction of sp³-hybridized carbons (Fsp3) is 0.500. The molecular formula is C10H16BrN3O2S. The number of aryl methyl sites for hydroxylation is 1. The van der Waals surface area contributed by atoms with Gasteiger partial charge in [0.2, 0.25) is 10.0 Å². The third kappa shape index (κ3) is 5.01. The van der Waals surface area contributed by atoms with Gasteiger partial charge in [0.1, 0.15) is 5.82 Å². The van der Waals surface area contributed by atoms with Crippen LogP contribution in [-0.2, 0) is 10.0 Å². The number of hydrogen-bond acceptors (Lipinski definition) is 4. The minimum Gasteiger partial charge on any atom is -0.320 e. The molecule has 7 heteroatoms. The number of nitrogens with one attached hydrogen (secondary N) is 2. The van der Waals surface area contributed by atoms with E-state index in [9.17, 15) is 8.42 Å². The summed E-state index contributed by atoms with van der Waals surface area (Å²) >= 11 is 3.28. The molecule has 0 aromatic carbocycles. The Bertz CT molecular complexity index is 476. The second-order valence-electron chi connectivity index (χ2n) is 3.70. The molecule has 0 amide bonds. The average Bonchev–Trinajstić information content (AvgIpc) is 2.22. The molecule has 0 aliphatic carbocycles. The zero-order chi connectivity index (χ0) is 12.9. The summed E-state index contributed by atoms with van der Waals surface area (Å²) in [5.41, 5.74) is 0.788. The fourth-order valence-corrected chi connectivity index (χ4v) is 2.87. The quantitative estimate of drug-likeness (QED) is 0.779. The molecule has 0 aliphatic heterocycles. The summed E-state index contributed by atoms with van der Waals surface area (Å²) in [6, 6.07) is 1.82. The normalized spacial score (nSPS) is 11.5. The fourth-order valence-electron chi connectivity index (χ4n) is 1.28. The molecule has 0 spiro atoms. The van der Waals surface area contributed by atoms with Crippen LogP contribution >= 0.6 is 15.9 Å². The summed E-state index contributed by atoms with van der Waals surface area (Å²) in [6.45, 7) is 2.48. The lowest BCUT2D eigenvalue weighted by molar-refractivity contribution is 0.596.